The van der Waals surface area contributed by atoms with Gasteiger partial charge in [-0.3, -0.25) is 0 Å². The fourth-order valence-electron chi connectivity index (χ4n) is 2.69. The van der Waals surface area contributed by atoms with Crippen LogP contribution in [0.3, 0.4) is 0 Å². The number of benzene rings is 3. The van der Waals surface area contributed by atoms with Crippen LogP contribution in [0.15, 0.2) is 97.1 Å². The van der Waals surface area contributed by atoms with Crippen molar-refractivity contribution in [2.45, 2.75) is 6.42 Å². The van der Waals surface area contributed by atoms with E-state index in [0.29, 0.717) is 0 Å². The lowest BCUT2D eigenvalue weighted by molar-refractivity contribution is 0.414. The van der Waals surface area contributed by atoms with Gasteiger partial charge in [-0.05, 0) is 40.8 Å². The highest BCUT2D eigenvalue weighted by Gasteiger charge is 1.99. The number of ether oxygens (including phenoxy) is 1. The van der Waals surface area contributed by atoms with Gasteiger partial charge in [0.2, 0.25) is 0 Å². The normalized spacial score (nSPS) is 11.6. The van der Waals surface area contributed by atoms with Gasteiger partial charge < -0.3 is 4.74 Å². The SMILES string of the molecule is COc1cccc(/C=C/C(=CCc2ccccc2)c2ccccc2)c1. The van der Waals surface area contributed by atoms with Crippen molar-refractivity contribution in [2.24, 2.45) is 0 Å². The standard InChI is InChI=1S/C24H22O/c1-25-24-14-8-11-21(19-24)16-18-23(22-12-6-3-7-13-22)17-15-20-9-4-2-5-10-20/h2-14,16-19H,15H2,1H3/b18-16+,23-17?. The highest BCUT2D eigenvalue weighted by molar-refractivity contribution is 5.79. The maximum absolute atomic E-state index is 5.30. The second-order valence-corrected chi connectivity index (χ2v) is 5.83. The molecule has 0 unspecified atom stereocenters. The summed E-state index contributed by atoms with van der Waals surface area (Å²) in [6.45, 7) is 0. The Kier molecular flexibility index (Phi) is 5.84. The van der Waals surface area contributed by atoms with Gasteiger partial charge in [-0.2, -0.15) is 0 Å². The van der Waals surface area contributed by atoms with Gasteiger partial charge in [-0.15, -0.1) is 0 Å². The zero-order valence-electron chi connectivity index (χ0n) is 14.4. The Balaban J connectivity index is 1.87. The molecule has 1 heteroatoms. The summed E-state index contributed by atoms with van der Waals surface area (Å²) < 4.78 is 5.30. The van der Waals surface area contributed by atoms with E-state index < -0.39 is 0 Å². The molecule has 0 aliphatic rings. The van der Waals surface area contributed by atoms with Gasteiger partial charge in [-0.1, -0.05) is 91.0 Å². The summed E-state index contributed by atoms with van der Waals surface area (Å²) >= 11 is 0. The van der Waals surface area contributed by atoms with E-state index in [1.807, 2.05) is 30.3 Å². The van der Waals surface area contributed by atoms with Crippen molar-refractivity contribution < 1.29 is 4.74 Å². The lowest BCUT2D eigenvalue weighted by atomic mass is 10.0. The number of rotatable bonds is 6. The molecule has 124 valence electrons. The van der Waals surface area contributed by atoms with Gasteiger partial charge >= 0.3 is 0 Å². The van der Waals surface area contributed by atoms with Crippen LogP contribution in [-0.4, -0.2) is 7.11 Å². The predicted octanol–water partition coefficient (Wildman–Crippen LogP) is 6.03. The molecule has 3 aromatic carbocycles. The van der Waals surface area contributed by atoms with Crippen LogP contribution >= 0.6 is 0 Å². The van der Waals surface area contributed by atoms with Gasteiger partial charge in [0.05, 0.1) is 7.11 Å². The van der Waals surface area contributed by atoms with Gasteiger partial charge in [0.15, 0.2) is 0 Å². The Morgan fingerprint density at radius 2 is 1.56 bits per heavy atom. The maximum atomic E-state index is 5.30. The highest BCUT2D eigenvalue weighted by Crippen LogP contribution is 2.20. The molecule has 3 rings (SSSR count). The topological polar surface area (TPSA) is 9.23 Å². The number of allylic oxidation sites excluding steroid dienone is 3. The molecule has 0 aromatic heterocycles. The van der Waals surface area contributed by atoms with Gasteiger partial charge in [0.1, 0.15) is 5.75 Å². The summed E-state index contributed by atoms with van der Waals surface area (Å²) in [4.78, 5) is 0. The molecule has 3 aromatic rings. The quantitative estimate of drug-likeness (QED) is 0.502. The molecule has 0 saturated carbocycles. The van der Waals surface area contributed by atoms with Crippen LogP contribution < -0.4 is 4.74 Å². The maximum Gasteiger partial charge on any atom is 0.119 e. The third-order valence-electron chi connectivity index (χ3n) is 4.06. The summed E-state index contributed by atoms with van der Waals surface area (Å²) in [5, 5.41) is 0. The molecule has 25 heavy (non-hydrogen) atoms. The second-order valence-electron chi connectivity index (χ2n) is 5.83. The van der Waals surface area contributed by atoms with Crippen LogP contribution in [0.5, 0.6) is 5.75 Å². The van der Waals surface area contributed by atoms with Crippen LogP contribution in [0.1, 0.15) is 16.7 Å². The first kappa shape index (κ1) is 16.8. The van der Waals surface area contributed by atoms with E-state index in [1.165, 1.54) is 16.7 Å². The van der Waals surface area contributed by atoms with Gasteiger partial charge in [-0.25, -0.2) is 0 Å². The van der Waals surface area contributed by atoms with Crippen molar-refractivity contribution in [1.29, 1.82) is 0 Å². The van der Waals surface area contributed by atoms with Gasteiger partial charge in [0.25, 0.3) is 0 Å². The first-order valence-corrected chi connectivity index (χ1v) is 8.47. The molecule has 0 N–H and O–H groups in total. The molecule has 0 aliphatic heterocycles. The number of hydrogen-bond acceptors (Lipinski definition) is 1. The molecule has 0 spiro atoms. The minimum atomic E-state index is 0.872. The van der Waals surface area contributed by atoms with Crippen LogP contribution in [-0.2, 0) is 6.42 Å². The molecule has 0 fully saturated rings. The second kappa shape index (κ2) is 8.70. The van der Waals surface area contributed by atoms with Gasteiger partial charge in [0, 0.05) is 0 Å². The summed E-state index contributed by atoms with van der Waals surface area (Å²) in [7, 11) is 1.69. The van der Waals surface area contributed by atoms with Crippen molar-refractivity contribution in [3.63, 3.8) is 0 Å². The average molecular weight is 326 g/mol. The Labute approximate surface area is 149 Å². The smallest absolute Gasteiger partial charge is 0.119 e. The fourth-order valence-corrected chi connectivity index (χ4v) is 2.69. The minimum absolute atomic E-state index is 0.872. The Bertz CT molecular complexity index is 846. The van der Waals surface area contributed by atoms with Crippen LogP contribution in [0.25, 0.3) is 11.6 Å². The highest BCUT2D eigenvalue weighted by atomic mass is 16.5. The van der Waals surface area contributed by atoms with Crippen molar-refractivity contribution in [3.05, 3.63) is 114 Å². The zero-order valence-corrected chi connectivity index (χ0v) is 14.4. The van der Waals surface area contributed by atoms with Crippen LogP contribution in [0.4, 0.5) is 0 Å². The molecule has 0 amide bonds. The monoisotopic (exact) mass is 326 g/mol. The third kappa shape index (κ3) is 4.95. The van der Waals surface area contributed by atoms with Crippen LogP contribution in [0, 0.1) is 0 Å². The van der Waals surface area contributed by atoms with Crippen molar-refractivity contribution >= 4 is 11.6 Å². The number of hydrogen-bond donors (Lipinski definition) is 0. The third-order valence-corrected chi connectivity index (χ3v) is 4.06. The lowest BCUT2D eigenvalue weighted by Crippen LogP contribution is -1.85. The first-order chi connectivity index (χ1) is 12.3. The van der Waals surface area contributed by atoms with E-state index >= 15 is 0 Å². The Morgan fingerprint density at radius 1 is 0.840 bits per heavy atom. The van der Waals surface area contributed by atoms with E-state index in [1.54, 1.807) is 7.11 Å². The molecule has 0 saturated heterocycles. The molecule has 1 nitrogen and oxygen atoms in total. The summed E-state index contributed by atoms with van der Waals surface area (Å²) in [6.07, 6.45) is 7.49. The Hall–Kier alpha value is -3.06. The van der Waals surface area contributed by atoms with E-state index in [0.717, 1.165) is 17.7 Å². The molecule has 0 radical (unpaired) electrons. The molecule has 0 aliphatic carbocycles. The summed E-state index contributed by atoms with van der Waals surface area (Å²) in [5.74, 6) is 0.872. The molecule has 0 heterocycles. The Morgan fingerprint density at radius 3 is 2.28 bits per heavy atom. The molecular formula is C24H22O. The molecule has 0 bridgehead atoms. The number of methoxy groups -OCH3 is 1. The van der Waals surface area contributed by atoms with Crippen molar-refractivity contribution in [3.8, 4) is 5.75 Å². The molecular weight excluding hydrogens is 304 g/mol. The van der Waals surface area contributed by atoms with E-state index in [-0.39, 0.29) is 0 Å². The van der Waals surface area contributed by atoms with Crippen LogP contribution in [0.2, 0.25) is 0 Å². The van der Waals surface area contributed by atoms with E-state index in [2.05, 4.69) is 72.8 Å². The summed E-state index contributed by atoms with van der Waals surface area (Å²) in [5.41, 5.74) is 4.87. The zero-order chi connectivity index (χ0) is 17.3. The summed E-state index contributed by atoms with van der Waals surface area (Å²) in [6, 6.07) is 29.1. The fraction of sp³-hybridized carbons (Fsp3) is 0.0833. The first-order valence-electron chi connectivity index (χ1n) is 8.47. The van der Waals surface area contributed by atoms with E-state index in [4.69, 9.17) is 4.74 Å². The lowest BCUT2D eigenvalue weighted by Gasteiger charge is -2.05. The average Bonchev–Trinajstić information content (AvgIpc) is 2.69. The molecule has 0 atom stereocenters. The minimum Gasteiger partial charge on any atom is -0.497 e. The van der Waals surface area contributed by atoms with Crippen molar-refractivity contribution in [1.82, 2.24) is 0 Å². The van der Waals surface area contributed by atoms with E-state index in [9.17, 15) is 0 Å². The predicted molar refractivity (Wildman–Crippen MR) is 107 cm³/mol. The van der Waals surface area contributed by atoms with Crippen molar-refractivity contribution in [2.75, 3.05) is 7.11 Å². The largest absolute Gasteiger partial charge is 0.497 e.